The molecule has 0 bridgehead atoms. The number of esters is 4. The molecule has 1 heterocycles. The Labute approximate surface area is 338 Å². The highest BCUT2D eigenvalue weighted by Gasteiger charge is 2.11. The average molecular weight is 802 g/mol. The summed E-state index contributed by atoms with van der Waals surface area (Å²) in [6.45, 7) is 7.87. The molecule has 5 aromatic rings. The lowest BCUT2D eigenvalue weighted by Gasteiger charge is -2.09. The topological polar surface area (TPSA) is 161 Å². The Bertz CT molecular complexity index is 2260. The van der Waals surface area contributed by atoms with Crippen LogP contribution in [-0.2, 0) is 28.7 Å². The van der Waals surface area contributed by atoms with Gasteiger partial charge in [0.05, 0.1) is 42.9 Å². The molecule has 0 atom stereocenters. The Morgan fingerprint density at radius 3 is 1.78 bits per heavy atom. The Morgan fingerprint density at radius 1 is 0.655 bits per heavy atom. The number of nitrogens with one attached hydrogen (secondary N) is 1. The van der Waals surface area contributed by atoms with Crippen LogP contribution in [0.3, 0.4) is 0 Å². The summed E-state index contributed by atoms with van der Waals surface area (Å²) < 4.78 is 33.4. The van der Waals surface area contributed by atoms with Crippen molar-refractivity contribution >= 4 is 68.9 Å². The number of carbonyl (C=O) groups excluding carboxylic acids is 4. The molecule has 0 spiro atoms. The Kier molecular flexibility index (Phi) is 16.1. The first-order valence-corrected chi connectivity index (χ1v) is 18.7. The zero-order chi connectivity index (χ0) is 41.0. The number of nitrogens with zero attached hydrogens (tertiary/aromatic N) is 2. The molecule has 0 aliphatic rings. The van der Waals surface area contributed by atoms with Gasteiger partial charge in [-0.25, -0.2) is 24.2 Å². The van der Waals surface area contributed by atoms with Crippen LogP contribution in [0.2, 0.25) is 0 Å². The molecule has 14 heteroatoms. The first-order valence-electron chi connectivity index (χ1n) is 17.9. The van der Waals surface area contributed by atoms with E-state index in [1.807, 2.05) is 24.3 Å². The molecule has 0 saturated heterocycles. The maximum absolute atomic E-state index is 12.9. The first-order chi connectivity index (χ1) is 28.3. The average Bonchev–Trinajstić information content (AvgIpc) is 3.66. The maximum Gasteiger partial charge on any atom is 0.336 e. The molecule has 296 valence electrons. The first kappa shape index (κ1) is 41.8. The van der Waals surface area contributed by atoms with Crippen molar-refractivity contribution in [3.05, 3.63) is 145 Å². The van der Waals surface area contributed by atoms with Crippen molar-refractivity contribution in [1.82, 2.24) is 4.98 Å². The molecule has 1 N–H and O–H groups in total. The van der Waals surface area contributed by atoms with Gasteiger partial charge in [0, 0.05) is 42.7 Å². The second-order valence-electron chi connectivity index (χ2n) is 11.9. The minimum absolute atomic E-state index is 0.169. The fraction of sp³-hybridized carbons (Fsp3) is 0.136. The highest BCUT2D eigenvalue weighted by atomic mass is 32.1. The van der Waals surface area contributed by atoms with Gasteiger partial charge < -0.3 is 28.4 Å². The highest BCUT2D eigenvalue weighted by molar-refractivity contribution is 7.22. The van der Waals surface area contributed by atoms with Crippen LogP contribution in [0.15, 0.2) is 134 Å². The quantitative estimate of drug-likeness (QED) is 0.0191. The molecule has 0 saturated carbocycles. The second kappa shape index (κ2) is 22.3. The number of anilines is 1. The summed E-state index contributed by atoms with van der Waals surface area (Å²) in [6, 6.07) is 26.3. The SMILES string of the molecule is C=CC(=O)OCCCOc1ccc(/C=C/C(=O)Oc2ccc(OC(=O)/C=C/c3ccc(OCCCOC(=O)C=C)cc3)c(/C=N/Nc3nc4ccccc4s3)c2)cc1. The number of hydrogen-bond donors (Lipinski definition) is 1. The molecule has 0 aliphatic heterocycles. The van der Waals surface area contributed by atoms with Gasteiger partial charge in [-0.05, 0) is 77.9 Å². The van der Waals surface area contributed by atoms with Crippen molar-refractivity contribution in [2.75, 3.05) is 31.9 Å². The van der Waals surface area contributed by atoms with E-state index in [0.717, 1.165) is 33.5 Å². The van der Waals surface area contributed by atoms with Crippen molar-refractivity contribution in [2.24, 2.45) is 5.10 Å². The van der Waals surface area contributed by atoms with E-state index in [-0.39, 0.29) is 24.7 Å². The zero-order valence-corrected chi connectivity index (χ0v) is 32.1. The third-order valence-corrected chi connectivity index (χ3v) is 8.53. The fourth-order valence-corrected chi connectivity index (χ4v) is 5.61. The predicted molar refractivity (Wildman–Crippen MR) is 222 cm³/mol. The summed E-state index contributed by atoms with van der Waals surface area (Å²) in [5.41, 5.74) is 5.54. The van der Waals surface area contributed by atoms with Crippen LogP contribution in [-0.4, -0.2) is 61.5 Å². The van der Waals surface area contributed by atoms with Crippen LogP contribution in [0.5, 0.6) is 23.0 Å². The van der Waals surface area contributed by atoms with E-state index in [1.54, 1.807) is 60.7 Å². The van der Waals surface area contributed by atoms with Crippen LogP contribution in [0, 0.1) is 0 Å². The zero-order valence-electron chi connectivity index (χ0n) is 31.2. The fourth-order valence-electron chi connectivity index (χ4n) is 4.79. The van der Waals surface area contributed by atoms with Crippen LogP contribution >= 0.6 is 11.3 Å². The summed E-state index contributed by atoms with van der Waals surface area (Å²) in [5.74, 6) is -0.648. The van der Waals surface area contributed by atoms with E-state index in [9.17, 15) is 19.2 Å². The standard InChI is InChI=1S/C44H39N3O10S/c1-3-40(48)54-27-7-25-52-34-17-11-31(12-18-34)15-23-42(50)56-36-21-22-38(33(29-36)30-45-47-44-46-37-9-5-6-10-39(37)58-44)57-43(51)24-16-32-13-19-35(20-14-32)53-26-8-28-55-41(49)4-2/h3-6,9-24,29-30H,1-2,7-8,25-28H2,(H,46,47)/b23-15+,24-16+,45-30+. The normalized spacial score (nSPS) is 11.0. The number of hydrazone groups is 1. The number of aromatic nitrogens is 1. The van der Waals surface area contributed by atoms with E-state index in [2.05, 4.69) is 28.7 Å². The monoisotopic (exact) mass is 801 g/mol. The van der Waals surface area contributed by atoms with Gasteiger partial charge in [-0.1, -0.05) is 60.9 Å². The van der Waals surface area contributed by atoms with Gasteiger partial charge in [0.2, 0.25) is 5.13 Å². The van der Waals surface area contributed by atoms with Crippen LogP contribution < -0.4 is 24.4 Å². The van der Waals surface area contributed by atoms with Crippen molar-refractivity contribution < 1.29 is 47.6 Å². The van der Waals surface area contributed by atoms with Crippen LogP contribution in [0.1, 0.15) is 29.5 Å². The summed E-state index contributed by atoms with van der Waals surface area (Å²) in [6.07, 6.45) is 10.5. The number of hydrogen-bond acceptors (Lipinski definition) is 14. The van der Waals surface area contributed by atoms with Crippen molar-refractivity contribution in [2.45, 2.75) is 12.8 Å². The lowest BCUT2D eigenvalue weighted by Crippen LogP contribution is -2.08. The molecule has 0 unspecified atom stereocenters. The molecular weight excluding hydrogens is 763 g/mol. The van der Waals surface area contributed by atoms with E-state index < -0.39 is 23.9 Å². The molecular formula is C44H39N3O10S. The second-order valence-corrected chi connectivity index (χ2v) is 12.9. The maximum atomic E-state index is 12.9. The highest BCUT2D eigenvalue weighted by Crippen LogP contribution is 2.27. The van der Waals surface area contributed by atoms with Crippen LogP contribution in [0.25, 0.3) is 22.4 Å². The number of ether oxygens (including phenoxy) is 6. The van der Waals surface area contributed by atoms with Gasteiger partial charge in [0.25, 0.3) is 0 Å². The van der Waals surface area contributed by atoms with Gasteiger partial charge in [0.1, 0.15) is 23.0 Å². The van der Waals surface area contributed by atoms with Gasteiger partial charge >= 0.3 is 23.9 Å². The lowest BCUT2D eigenvalue weighted by atomic mass is 10.2. The molecule has 0 fully saturated rings. The Hall–Kier alpha value is -7.32. The number of para-hydroxylation sites is 1. The summed E-state index contributed by atoms with van der Waals surface area (Å²) >= 11 is 1.42. The van der Waals surface area contributed by atoms with Crippen molar-refractivity contribution in [3.63, 3.8) is 0 Å². The number of benzene rings is 4. The Balaban J connectivity index is 1.19. The third-order valence-electron chi connectivity index (χ3n) is 7.59. The van der Waals surface area contributed by atoms with E-state index in [0.29, 0.717) is 48.2 Å². The van der Waals surface area contributed by atoms with Crippen molar-refractivity contribution in [1.29, 1.82) is 0 Å². The molecule has 0 amide bonds. The number of thiazole rings is 1. The molecule has 4 aromatic carbocycles. The minimum Gasteiger partial charge on any atom is -0.493 e. The third kappa shape index (κ3) is 14.1. The lowest BCUT2D eigenvalue weighted by molar-refractivity contribution is -0.138. The number of carbonyl (C=O) groups is 4. The van der Waals surface area contributed by atoms with Gasteiger partial charge in [0.15, 0.2) is 0 Å². The van der Waals surface area contributed by atoms with E-state index >= 15 is 0 Å². The minimum atomic E-state index is -0.652. The van der Waals surface area contributed by atoms with Crippen molar-refractivity contribution in [3.8, 4) is 23.0 Å². The largest absolute Gasteiger partial charge is 0.493 e. The smallest absolute Gasteiger partial charge is 0.336 e. The molecule has 58 heavy (non-hydrogen) atoms. The number of rotatable bonds is 21. The molecule has 1 aromatic heterocycles. The van der Waals surface area contributed by atoms with Gasteiger partial charge in [-0.3, -0.25) is 5.43 Å². The summed E-state index contributed by atoms with van der Waals surface area (Å²) in [5, 5.41) is 4.86. The van der Waals surface area contributed by atoms with Gasteiger partial charge in [-0.15, -0.1) is 0 Å². The molecule has 0 radical (unpaired) electrons. The summed E-state index contributed by atoms with van der Waals surface area (Å²) in [7, 11) is 0. The summed E-state index contributed by atoms with van der Waals surface area (Å²) in [4.78, 5) is 52.5. The molecule has 0 aliphatic carbocycles. The molecule has 5 rings (SSSR count). The van der Waals surface area contributed by atoms with Crippen LogP contribution in [0.4, 0.5) is 5.13 Å². The van der Waals surface area contributed by atoms with Gasteiger partial charge in [-0.2, -0.15) is 5.10 Å². The number of fused-ring (bicyclic) bond motifs is 1. The Morgan fingerprint density at radius 2 is 1.21 bits per heavy atom. The predicted octanol–water partition coefficient (Wildman–Crippen LogP) is 7.98. The van der Waals surface area contributed by atoms with E-state index in [4.69, 9.17) is 28.4 Å². The van der Waals surface area contributed by atoms with E-state index in [1.165, 1.54) is 47.9 Å². The molecule has 13 nitrogen and oxygen atoms in total.